The molecule has 1 saturated heterocycles. The second kappa shape index (κ2) is 8.10. The molecule has 1 N–H and O–H groups in total. The van der Waals surface area contributed by atoms with Crippen LogP contribution in [-0.4, -0.2) is 69.9 Å². The van der Waals surface area contributed by atoms with Gasteiger partial charge in [-0.25, -0.2) is 17.4 Å². The fourth-order valence-electron chi connectivity index (χ4n) is 3.63. The Kier molecular flexibility index (Phi) is 5.97. The van der Waals surface area contributed by atoms with Gasteiger partial charge in [-0.15, -0.1) is 0 Å². The van der Waals surface area contributed by atoms with E-state index in [-0.39, 0.29) is 0 Å². The SMILES string of the molecule is COc1ccc(N2CC[NH+](Cn3nc(C)c(S(=O)(=O)N(C)C)c3C)CC2)cc1. The summed E-state index contributed by atoms with van der Waals surface area (Å²) in [6, 6.07) is 8.14. The average molecular weight is 409 g/mol. The van der Waals surface area contributed by atoms with Crippen LogP contribution < -0.4 is 14.5 Å². The monoisotopic (exact) mass is 408 g/mol. The third-order valence-corrected chi connectivity index (χ3v) is 7.40. The van der Waals surface area contributed by atoms with Crippen molar-refractivity contribution in [2.45, 2.75) is 25.4 Å². The molecule has 0 bridgehead atoms. The zero-order valence-corrected chi connectivity index (χ0v) is 18.1. The highest BCUT2D eigenvalue weighted by Gasteiger charge is 2.28. The highest BCUT2D eigenvalue weighted by Crippen LogP contribution is 2.22. The lowest BCUT2D eigenvalue weighted by Crippen LogP contribution is -3.14. The normalized spacial score (nSPS) is 16.0. The Bertz CT molecular complexity index is 914. The highest BCUT2D eigenvalue weighted by atomic mass is 32.2. The first kappa shape index (κ1) is 20.6. The predicted molar refractivity (Wildman–Crippen MR) is 108 cm³/mol. The Hall–Kier alpha value is -2.10. The number of ether oxygens (including phenoxy) is 1. The maximum Gasteiger partial charge on any atom is 0.246 e. The largest absolute Gasteiger partial charge is 0.497 e. The Balaban J connectivity index is 1.66. The molecular weight excluding hydrogens is 378 g/mol. The van der Waals surface area contributed by atoms with Gasteiger partial charge in [-0.3, -0.25) is 0 Å². The summed E-state index contributed by atoms with van der Waals surface area (Å²) in [4.78, 5) is 4.09. The first-order valence-corrected chi connectivity index (χ1v) is 10.9. The molecule has 0 radical (unpaired) electrons. The first-order chi connectivity index (χ1) is 13.2. The van der Waals surface area contributed by atoms with Gasteiger partial charge in [0.25, 0.3) is 0 Å². The Morgan fingerprint density at radius 3 is 2.29 bits per heavy atom. The second-order valence-corrected chi connectivity index (χ2v) is 9.47. The summed E-state index contributed by atoms with van der Waals surface area (Å²) in [6.45, 7) is 8.11. The molecule has 8 nitrogen and oxygen atoms in total. The van der Waals surface area contributed by atoms with Gasteiger partial charge in [0.05, 0.1) is 44.7 Å². The third kappa shape index (κ3) is 4.01. The summed E-state index contributed by atoms with van der Waals surface area (Å²) in [7, 11) is 1.29. The lowest BCUT2D eigenvalue weighted by atomic mass is 10.2. The zero-order chi connectivity index (χ0) is 20.5. The van der Waals surface area contributed by atoms with Gasteiger partial charge in [0.15, 0.2) is 6.67 Å². The molecule has 154 valence electrons. The van der Waals surface area contributed by atoms with Crippen molar-refractivity contribution in [3.63, 3.8) is 0 Å². The van der Waals surface area contributed by atoms with Crippen LogP contribution in [0.15, 0.2) is 29.2 Å². The molecule has 1 fully saturated rings. The summed E-state index contributed by atoms with van der Waals surface area (Å²) in [5.41, 5.74) is 2.46. The quantitative estimate of drug-likeness (QED) is 0.735. The van der Waals surface area contributed by atoms with Crippen LogP contribution in [0, 0.1) is 13.8 Å². The van der Waals surface area contributed by atoms with E-state index in [1.54, 1.807) is 28.1 Å². The van der Waals surface area contributed by atoms with E-state index < -0.39 is 10.0 Å². The van der Waals surface area contributed by atoms with E-state index in [1.807, 2.05) is 23.7 Å². The fraction of sp³-hybridized carbons (Fsp3) is 0.526. The Labute approximate surface area is 167 Å². The van der Waals surface area contributed by atoms with Gasteiger partial charge in [0.2, 0.25) is 10.0 Å². The van der Waals surface area contributed by atoms with Gasteiger partial charge in [-0.2, -0.15) is 5.10 Å². The molecule has 1 aliphatic heterocycles. The lowest BCUT2D eigenvalue weighted by Gasteiger charge is -2.33. The topological polar surface area (TPSA) is 72.1 Å². The molecule has 0 saturated carbocycles. The number of rotatable bonds is 6. The maximum atomic E-state index is 12.6. The zero-order valence-electron chi connectivity index (χ0n) is 17.3. The van der Waals surface area contributed by atoms with Gasteiger partial charge in [-0.05, 0) is 38.1 Å². The van der Waals surface area contributed by atoms with Crippen LogP contribution in [0.3, 0.4) is 0 Å². The van der Waals surface area contributed by atoms with Crippen molar-refractivity contribution in [2.75, 3.05) is 52.3 Å². The Morgan fingerprint density at radius 2 is 1.75 bits per heavy atom. The number of quaternary nitrogens is 1. The predicted octanol–water partition coefficient (Wildman–Crippen LogP) is 0.121. The van der Waals surface area contributed by atoms with Gasteiger partial charge in [0, 0.05) is 19.8 Å². The molecule has 0 atom stereocenters. The van der Waals surface area contributed by atoms with Crippen LogP contribution in [0.5, 0.6) is 5.75 Å². The molecule has 3 rings (SSSR count). The van der Waals surface area contributed by atoms with E-state index in [1.165, 1.54) is 14.9 Å². The molecule has 0 amide bonds. The number of methoxy groups -OCH3 is 1. The van der Waals surface area contributed by atoms with Gasteiger partial charge >= 0.3 is 0 Å². The number of aryl methyl sites for hydroxylation is 1. The number of sulfonamides is 1. The molecule has 1 aromatic heterocycles. The number of nitrogens with zero attached hydrogens (tertiary/aromatic N) is 4. The smallest absolute Gasteiger partial charge is 0.246 e. The number of aromatic nitrogens is 2. The third-order valence-electron chi connectivity index (χ3n) is 5.34. The van der Waals surface area contributed by atoms with E-state index >= 15 is 0 Å². The number of nitrogens with one attached hydrogen (secondary N) is 1. The van der Waals surface area contributed by atoms with Crippen molar-refractivity contribution in [3.05, 3.63) is 35.7 Å². The number of hydrogen-bond acceptors (Lipinski definition) is 5. The first-order valence-electron chi connectivity index (χ1n) is 9.43. The van der Waals surface area contributed by atoms with Crippen LogP contribution in [0.4, 0.5) is 5.69 Å². The highest BCUT2D eigenvalue weighted by molar-refractivity contribution is 7.89. The van der Waals surface area contributed by atoms with E-state index in [9.17, 15) is 8.42 Å². The van der Waals surface area contributed by atoms with E-state index in [4.69, 9.17) is 4.74 Å². The van der Waals surface area contributed by atoms with Crippen molar-refractivity contribution in [1.82, 2.24) is 14.1 Å². The van der Waals surface area contributed by atoms with Crippen LogP contribution in [-0.2, 0) is 16.7 Å². The number of anilines is 1. The number of benzene rings is 1. The maximum absolute atomic E-state index is 12.6. The molecule has 1 aromatic carbocycles. The summed E-state index contributed by atoms with van der Waals surface area (Å²) in [5.74, 6) is 0.862. The van der Waals surface area contributed by atoms with Crippen LogP contribution >= 0.6 is 0 Å². The molecule has 28 heavy (non-hydrogen) atoms. The van der Waals surface area contributed by atoms with Crippen molar-refractivity contribution in [3.8, 4) is 5.75 Å². The van der Waals surface area contributed by atoms with Crippen molar-refractivity contribution in [2.24, 2.45) is 0 Å². The molecule has 0 spiro atoms. The summed E-state index contributed by atoms with van der Waals surface area (Å²) in [5, 5.41) is 4.51. The average Bonchev–Trinajstić information content (AvgIpc) is 2.96. The number of piperazine rings is 1. The van der Waals surface area contributed by atoms with Crippen LogP contribution in [0.2, 0.25) is 0 Å². The van der Waals surface area contributed by atoms with Gasteiger partial charge < -0.3 is 14.5 Å². The van der Waals surface area contributed by atoms with E-state index in [0.717, 1.165) is 31.9 Å². The molecule has 0 aliphatic carbocycles. The second-order valence-electron chi connectivity index (χ2n) is 7.38. The molecule has 2 aromatic rings. The van der Waals surface area contributed by atoms with Crippen molar-refractivity contribution in [1.29, 1.82) is 0 Å². The van der Waals surface area contributed by atoms with Crippen molar-refractivity contribution < 1.29 is 18.1 Å². The summed E-state index contributed by atoms with van der Waals surface area (Å²) >= 11 is 0. The standard InChI is InChI=1S/C19H29N5O3S/c1-15-19(28(25,26)21(3)4)16(2)24(20-15)14-22-10-12-23(13-11-22)17-6-8-18(27-5)9-7-17/h6-9H,10-14H2,1-5H3/p+1. The minimum Gasteiger partial charge on any atom is -0.497 e. The van der Waals surface area contributed by atoms with Crippen LogP contribution in [0.1, 0.15) is 11.4 Å². The lowest BCUT2D eigenvalue weighted by molar-refractivity contribution is -0.924. The molecule has 2 heterocycles. The Morgan fingerprint density at radius 1 is 1.14 bits per heavy atom. The number of hydrogen-bond donors (Lipinski definition) is 1. The molecule has 0 unspecified atom stereocenters. The van der Waals surface area contributed by atoms with E-state index in [0.29, 0.717) is 23.0 Å². The summed E-state index contributed by atoms with van der Waals surface area (Å²) < 4.78 is 33.5. The molecule has 9 heteroatoms. The minimum atomic E-state index is -3.49. The van der Waals surface area contributed by atoms with Gasteiger partial charge in [0.1, 0.15) is 10.6 Å². The fourth-order valence-corrected chi connectivity index (χ4v) is 4.89. The summed E-state index contributed by atoms with van der Waals surface area (Å²) in [6.07, 6.45) is 0. The minimum absolute atomic E-state index is 0.328. The molecule has 1 aliphatic rings. The van der Waals surface area contributed by atoms with Crippen molar-refractivity contribution >= 4 is 15.7 Å². The van der Waals surface area contributed by atoms with Crippen LogP contribution in [0.25, 0.3) is 0 Å². The molecular formula is C19H30N5O3S+. The van der Waals surface area contributed by atoms with Gasteiger partial charge in [-0.1, -0.05) is 0 Å². The van der Waals surface area contributed by atoms with E-state index in [2.05, 4.69) is 22.1 Å².